The number of hydrogen-bond acceptors (Lipinski definition) is 3. The molecule has 5 heteroatoms. The summed E-state index contributed by atoms with van der Waals surface area (Å²) in [5, 5.41) is 12.2. The number of aliphatic hydroxyl groups excluding tert-OH is 1. The number of nitrogens with zero attached hydrogens (tertiary/aromatic N) is 2. The largest absolute Gasteiger partial charge is 0.396 e. The Morgan fingerprint density at radius 2 is 2.28 bits per heavy atom. The monoisotopic (exact) mass is 257 g/mol. The summed E-state index contributed by atoms with van der Waals surface area (Å²) in [5.74, 6) is 0.251. The van der Waals surface area contributed by atoms with Crippen LogP contribution < -0.4 is 5.32 Å². The summed E-state index contributed by atoms with van der Waals surface area (Å²) in [7, 11) is 4.07. The molecule has 0 aromatic heterocycles. The van der Waals surface area contributed by atoms with Crippen LogP contribution in [-0.2, 0) is 0 Å². The highest BCUT2D eigenvalue weighted by Crippen LogP contribution is 2.15. The predicted octanol–water partition coefficient (Wildman–Crippen LogP) is 0.741. The molecule has 106 valence electrons. The molecule has 0 radical (unpaired) electrons. The number of likely N-dealkylation sites (tertiary alicyclic amines) is 1. The normalized spacial score (nSPS) is 22.1. The van der Waals surface area contributed by atoms with E-state index in [-0.39, 0.29) is 24.6 Å². The number of urea groups is 1. The van der Waals surface area contributed by atoms with Gasteiger partial charge in [-0.15, -0.1) is 0 Å². The van der Waals surface area contributed by atoms with Crippen molar-refractivity contribution in [3.63, 3.8) is 0 Å². The Bertz CT molecular complexity index is 259. The second-order valence-corrected chi connectivity index (χ2v) is 5.58. The molecule has 2 atom stereocenters. The van der Waals surface area contributed by atoms with Crippen LogP contribution in [0.15, 0.2) is 0 Å². The number of carbonyl (C=O) groups excluding carboxylic acids is 1. The topological polar surface area (TPSA) is 55.8 Å². The third kappa shape index (κ3) is 5.23. The lowest BCUT2D eigenvalue weighted by Crippen LogP contribution is -2.48. The van der Waals surface area contributed by atoms with Gasteiger partial charge >= 0.3 is 6.03 Å². The van der Waals surface area contributed by atoms with Crippen LogP contribution in [0, 0.1) is 5.92 Å². The third-order valence-corrected chi connectivity index (χ3v) is 3.44. The van der Waals surface area contributed by atoms with Crippen LogP contribution in [0.25, 0.3) is 0 Å². The predicted molar refractivity (Wildman–Crippen MR) is 72.5 cm³/mol. The molecule has 1 aliphatic heterocycles. The smallest absolute Gasteiger partial charge is 0.317 e. The summed E-state index contributed by atoms with van der Waals surface area (Å²) in [6.45, 7) is 4.68. The van der Waals surface area contributed by atoms with Crippen molar-refractivity contribution in [2.24, 2.45) is 5.92 Å². The van der Waals surface area contributed by atoms with Crippen molar-refractivity contribution >= 4 is 6.03 Å². The molecule has 0 aromatic rings. The van der Waals surface area contributed by atoms with Crippen LogP contribution in [0.5, 0.6) is 0 Å². The van der Waals surface area contributed by atoms with Gasteiger partial charge in [0.15, 0.2) is 0 Å². The Morgan fingerprint density at radius 1 is 1.56 bits per heavy atom. The Morgan fingerprint density at radius 3 is 2.89 bits per heavy atom. The van der Waals surface area contributed by atoms with Crippen LogP contribution in [0.1, 0.15) is 26.2 Å². The summed E-state index contributed by atoms with van der Waals surface area (Å²) in [4.78, 5) is 16.0. The number of nitrogens with one attached hydrogen (secondary N) is 1. The SMILES string of the molecule is CC(CCN(C)C)NC(=O)N1CCCC(CO)C1. The fraction of sp³-hybridized carbons (Fsp3) is 0.923. The summed E-state index contributed by atoms with van der Waals surface area (Å²) in [6.07, 6.45) is 2.97. The van der Waals surface area contributed by atoms with E-state index < -0.39 is 0 Å². The lowest BCUT2D eigenvalue weighted by molar-refractivity contribution is 0.128. The van der Waals surface area contributed by atoms with Crippen LogP contribution in [0.3, 0.4) is 0 Å². The molecule has 0 spiro atoms. The minimum Gasteiger partial charge on any atom is -0.396 e. The van der Waals surface area contributed by atoms with Gasteiger partial charge in [-0.2, -0.15) is 0 Å². The van der Waals surface area contributed by atoms with E-state index in [1.165, 1.54) is 0 Å². The fourth-order valence-corrected chi connectivity index (χ4v) is 2.22. The highest BCUT2D eigenvalue weighted by Gasteiger charge is 2.23. The van der Waals surface area contributed by atoms with Gasteiger partial charge < -0.3 is 20.2 Å². The molecule has 2 N–H and O–H groups in total. The van der Waals surface area contributed by atoms with Gasteiger partial charge in [-0.05, 0) is 52.7 Å². The van der Waals surface area contributed by atoms with Crippen molar-refractivity contribution in [2.75, 3.05) is 40.3 Å². The molecular formula is C13H27N3O2. The highest BCUT2D eigenvalue weighted by atomic mass is 16.3. The molecular weight excluding hydrogens is 230 g/mol. The average molecular weight is 257 g/mol. The van der Waals surface area contributed by atoms with Gasteiger partial charge in [0.05, 0.1) is 0 Å². The number of hydrogen-bond donors (Lipinski definition) is 2. The van der Waals surface area contributed by atoms with Gasteiger partial charge in [0.25, 0.3) is 0 Å². The first kappa shape index (κ1) is 15.2. The first-order valence-corrected chi connectivity index (χ1v) is 6.84. The van der Waals surface area contributed by atoms with Crippen LogP contribution in [0.2, 0.25) is 0 Å². The minimum absolute atomic E-state index is 0.0133. The van der Waals surface area contributed by atoms with Crippen molar-refractivity contribution in [3.05, 3.63) is 0 Å². The Balaban J connectivity index is 2.30. The Kier molecular flexibility index (Phi) is 6.43. The first-order chi connectivity index (χ1) is 8.52. The number of amides is 2. The number of piperidine rings is 1. The Hall–Kier alpha value is -0.810. The molecule has 1 rings (SSSR count). The Labute approximate surface area is 110 Å². The van der Waals surface area contributed by atoms with E-state index >= 15 is 0 Å². The number of aliphatic hydroxyl groups is 1. The molecule has 1 saturated heterocycles. The average Bonchev–Trinajstić information content (AvgIpc) is 2.36. The lowest BCUT2D eigenvalue weighted by atomic mass is 9.99. The maximum atomic E-state index is 12.0. The second kappa shape index (κ2) is 7.59. The first-order valence-electron chi connectivity index (χ1n) is 6.84. The fourth-order valence-electron chi connectivity index (χ4n) is 2.22. The van der Waals surface area contributed by atoms with E-state index in [1.807, 2.05) is 25.9 Å². The summed E-state index contributed by atoms with van der Waals surface area (Å²) in [5.41, 5.74) is 0. The lowest BCUT2D eigenvalue weighted by Gasteiger charge is -2.32. The molecule has 0 aromatic carbocycles. The highest BCUT2D eigenvalue weighted by molar-refractivity contribution is 5.74. The maximum Gasteiger partial charge on any atom is 0.317 e. The quantitative estimate of drug-likeness (QED) is 0.764. The molecule has 2 unspecified atom stereocenters. The molecule has 2 amide bonds. The van der Waals surface area contributed by atoms with E-state index in [1.54, 1.807) is 0 Å². The molecule has 0 saturated carbocycles. The van der Waals surface area contributed by atoms with Crippen molar-refractivity contribution < 1.29 is 9.90 Å². The second-order valence-electron chi connectivity index (χ2n) is 5.58. The van der Waals surface area contributed by atoms with E-state index in [4.69, 9.17) is 5.11 Å². The van der Waals surface area contributed by atoms with E-state index in [9.17, 15) is 4.79 Å². The van der Waals surface area contributed by atoms with E-state index in [0.717, 1.165) is 32.4 Å². The van der Waals surface area contributed by atoms with Gasteiger partial charge in [0.2, 0.25) is 0 Å². The van der Waals surface area contributed by atoms with E-state index in [2.05, 4.69) is 10.2 Å². The van der Waals surface area contributed by atoms with Gasteiger partial charge in [-0.3, -0.25) is 0 Å². The van der Waals surface area contributed by atoms with Gasteiger partial charge in [0.1, 0.15) is 0 Å². The zero-order chi connectivity index (χ0) is 13.5. The zero-order valence-electron chi connectivity index (χ0n) is 11.9. The summed E-state index contributed by atoms with van der Waals surface area (Å²) < 4.78 is 0. The standard InChI is InChI=1S/C13H27N3O2/c1-11(6-8-15(2)3)14-13(18)16-7-4-5-12(9-16)10-17/h11-12,17H,4-10H2,1-3H3,(H,14,18). The van der Waals surface area contributed by atoms with Crippen LogP contribution in [-0.4, -0.2) is 67.3 Å². The molecule has 1 heterocycles. The molecule has 0 bridgehead atoms. The summed E-state index contributed by atoms with van der Waals surface area (Å²) >= 11 is 0. The van der Waals surface area contributed by atoms with Crippen molar-refractivity contribution in [1.82, 2.24) is 15.1 Å². The molecule has 0 aliphatic carbocycles. The maximum absolute atomic E-state index is 12.0. The third-order valence-electron chi connectivity index (χ3n) is 3.44. The molecule has 18 heavy (non-hydrogen) atoms. The summed E-state index contributed by atoms with van der Waals surface area (Å²) in [6, 6.07) is 0.203. The zero-order valence-corrected chi connectivity index (χ0v) is 11.9. The van der Waals surface area contributed by atoms with Gasteiger partial charge in [-0.25, -0.2) is 4.79 Å². The minimum atomic E-state index is 0.0133. The van der Waals surface area contributed by atoms with Crippen molar-refractivity contribution in [3.8, 4) is 0 Å². The number of carbonyl (C=O) groups is 1. The molecule has 1 aliphatic rings. The molecule has 5 nitrogen and oxygen atoms in total. The number of rotatable bonds is 5. The van der Waals surface area contributed by atoms with Crippen molar-refractivity contribution in [1.29, 1.82) is 0 Å². The van der Waals surface area contributed by atoms with Crippen molar-refractivity contribution in [2.45, 2.75) is 32.2 Å². The molecule has 1 fully saturated rings. The van der Waals surface area contributed by atoms with Gasteiger partial charge in [0, 0.05) is 25.7 Å². The van der Waals surface area contributed by atoms with Crippen LogP contribution in [0.4, 0.5) is 4.79 Å². The van der Waals surface area contributed by atoms with E-state index in [0.29, 0.717) is 6.54 Å². The van der Waals surface area contributed by atoms with Crippen LogP contribution >= 0.6 is 0 Å². The van der Waals surface area contributed by atoms with Gasteiger partial charge in [-0.1, -0.05) is 0 Å².